The van der Waals surface area contributed by atoms with E-state index in [2.05, 4.69) is 5.32 Å². The lowest BCUT2D eigenvalue weighted by Gasteiger charge is -2.33. The van der Waals surface area contributed by atoms with E-state index in [1.165, 1.54) is 15.6 Å². The van der Waals surface area contributed by atoms with E-state index >= 15 is 0 Å². The lowest BCUT2D eigenvalue weighted by atomic mass is 9.95. The SMILES string of the molecule is CCOC(=O)c1c(NC(=O)C2CCCCN2S(=O)(=O)c2ccc(C)cc2)sc2c1CCCC2. The predicted octanol–water partition coefficient (Wildman–Crippen LogP) is 4.29. The highest BCUT2D eigenvalue weighted by molar-refractivity contribution is 7.89. The first-order chi connectivity index (χ1) is 15.8. The molecule has 2 aliphatic rings. The summed E-state index contributed by atoms with van der Waals surface area (Å²) >= 11 is 1.41. The van der Waals surface area contributed by atoms with Gasteiger partial charge in [0.25, 0.3) is 0 Å². The number of piperidine rings is 1. The van der Waals surface area contributed by atoms with Crippen molar-refractivity contribution < 1.29 is 22.7 Å². The summed E-state index contributed by atoms with van der Waals surface area (Å²) in [4.78, 5) is 27.4. The summed E-state index contributed by atoms with van der Waals surface area (Å²) in [5, 5.41) is 3.39. The fraction of sp³-hybridized carbons (Fsp3) is 0.500. The highest BCUT2D eigenvalue weighted by Crippen LogP contribution is 2.39. The van der Waals surface area contributed by atoms with E-state index in [-0.39, 0.29) is 11.5 Å². The van der Waals surface area contributed by atoms with Crippen molar-refractivity contribution in [2.75, 3.05) is 18.5 Å². The van der Waals surface area contributed by atoms with E-state index in [1.807, 2.05) is 6.92 Å². The van der Waals surface area contributed by atoms with Gasteiger partial charge < -0.3 is 10.1 Å². The summed E-state index contributed by atoms with van der Waals surface area (Å²) in [5.74, 6) is -0.825. The van der Waals surface area contributed by atoms with E-state index in [1.54, 1.807) is 31.2 Å². The van der Waals surface area contributed by atoms with Gasteiger partial charge in [-0.15, -0.1) is 11.3 Å². The van der Waals surface area contributed by atoms with Gasteiger partial charge in [-0.05, 0) is 70.1 Å². The smallest absolute Gasteiger partial charge is 0.341 e. The molecule has 1 N–H and O–H groups in total. The number of esters is 1. The van der Waals surface area contributed by atoms with Crippen molar-refractivity contribution in [1.29, 1.82) is 0 Å². The molecule has 0 saturated carbocycles. The number of thiophene rings is 1. The average molecular weight is 491 g/mol. The van der Waals surface area contributed by atoms with Gasteiger partial charge in [0.15, 0.2) is 0 Å². The van der Waals surface area contributed by atoms with Gasteiger partial charge >= 0.3 is 5.97 Å². The molecule has 0 radical (unpaired) electrons. The number of aryl methyl sites for hydroxylation is 2. The van der Waals surface area contributed by atoms with Crippen LogP contribution in [0.15, 0.2) is 29.2 Å². The number of nitrogens with one attached hydrogen (secondary N) is 1. The maximum absolute atomic E-state index is 13.4. The topological polar surface area (TPSA) is 92.8 Å². The Bertz CT molecular complexity index is 1140. The second-order valence-electron chi connectivity index (χ2n) is 8.57. The number of amides is 1. The van der Waals surface area contributed by atoms with E-state index in [9.17, 15) is 18.0 Å². The number of fused-ring (bicyclic) bond motifs is 1. The number of carbonyl (C=O) groups is 2. The molecule has 0 spiro atoms. The highest BCUT2D eigenvalue weighted by atomic mass is 32.2. The van der Waals surface area contributed by atoms with E-state index < -0.39 is 27.9 Å². The van der Waals surface area contributed by atoms with Gasteiger partial charge in [-0.1, -0.05) is 24.1 Å². The summed E-state index contributed by atoms with van der Waals surface area (Å²) in [7, 11) is -3.82. The minimum atomic E-state index is -3.82. The minimum absolute atomic E-state index is 0.187. The van der Waals surface area contributed by atoms with Crippen molar-refractivity contribution in [3.8, 4) is 0 Å². The first-order valence-corrected chi connectivity index (χ1v) is 13.8. The Morgan fingerprint density at radius 3 is 2.58 bits per heavy atom. The molecule has 7 nitrogen and oxygen atoms in total. The third-order valence-corrected chi connectivity index (χ3v) is 9.40. The molecule has 4 rings (SSSR count). The molecule has 1 fully saturated rings. The zero-order valence-electron chi connectivity index (χ0n) is 19.1. The Labute approximate surface area is 199 Å². The van der Waals surface area contributed by atoms with Crippen molar-refractivity contribution in [3.63, 3.8) is 0 Å². The summed E-state index contributed by atoms with van der Waals surface area (Å²) in [5.41, 5.74) is 2.37. The molecule has 9 heteroatoms. The second kappa shape index (κ2) is 9.95. The monoisotopic (exact) mass is 490 g/mol. The van der Waals surface area contributed by atoms with Gasteiger partial charge in [0.05, 0.1) is 17.1 Å². The standard InChI is InChI=1S/C24H30N2O5S2/c1-3-31-24(28)21-18-8-4-5-10-20(18)32-23(21)25-22(27)19-9-6-7-15-26(19)33(29,30)17-13-11-16(2)12-14-17/h11-14,19H,3-10,15H2,1-2H3,(H,25,27). The molecular formula is C24H30N2O5S2. The first-order valence-electron chi connectivity index (χ1n) is 11.5. The van der Waals surface area contributed by atoms with Gasteiger partial charge in [0, 0.05) is 11.4 Å². The van der Waals surface area contributed by atoms with Crippen LogP contribution >= 0.6 is 11.3 Å². The summed E-state index contributed by atoms with van der Waals surface area (Å²) < 4.78 is 33.3. The third-order valence-electron chi connectivity index (χ3n) is 6.27. The fourth-order valence-electron chi connectivity index (χ4n) is 4.57. The van der Waals surface area contributed by atoms with Gasteiger partial charge in [0.1, 0.15) is 11.0 Å². The van der Waals surface area contributed by atoms with Crippen molar-refractivity contribution in [2.24, 2.45) is 0 Å². The molecule has 1 aromatic carbocycles. The van der Waals surface area contributed by atoms with Gasteiger partial charge in [0.2, 0.25) is 15.9 Å². The highest BCUT2D eigenvalue weighted by Gasteiger charge is 2.38. The minimum Gasteiger partial charge on any atom is -0.462 e. The number of hydrogen-bond acceptors (Lipinski definition) is 6. The zero-order valence-corrected chi connectivity index (χ0v) is 20.7. The lowest BCUT2D eigenvalue weighted by molar-refractivity contribution is -0.120. The van der Waals surface area contributed by atoms with Gasteiger partial charge in [-0.3, -0.25) is 4.79 Å². The molecular weight excluding hydrogens is 460 g/mol. The molecule has 1 atom stereocenters. The summed E-state index contributed by atoms with van der Waals surface area (Å²) in [6, 6.07) is 5.86. The summed E-state index contributed by atoms with van der Waals surface area (Å²) in [6.07, 6.45) is 5.62. The molecule has 1 saturated heterocycles. The van der Waals surface area contributed by atoms with E-state index in [4.69, 9.17) is 4.74 Å². The number of nitrogens with zero attached hydrogens (tertiary/aromatic N) is 1. The molecule has 33 heavy (non-hydrogen) atoms. The molecule has 178 valence electrons. The Hall–Kier alpha value is -2.23. The van der Waals surface area contributed by atoms with Crippen LogP contribution in [0, 0.1) is 6.92 Å². The largest absolute Gasteiger partial charge is 0.462 e. The third kappa shape index (κ3) is 4.85. The van der Waals surface area contributed by atoms with E-state index in [0.29, 0.717) is 30.0 Å². The number of hydrogen-bond donors (Lipinski definition) is 1. The van der Waals surface area contributed by atoms with Crippen molar-refractivity contribution in [2.45, 2.75) is 69.7 Å². The van der Waals surface area contributed by atoms with Crippen LogP contribution in [-0.2, 0) is 32.4 Å². The second-order valence-corrected chi connectivity index (χ2v) is 11.6. The zero-order chi connectivity index (χ0) is 23.6. The quantitative estimate of drug-likeness (QED) is 0.610. The number of carbonyl (C=O) groups excluding carboxylic acids is 2. The van der Waals surface area contributed by atoms with Crippen LogP contribution in [0.2, 0.25) is 0 Å². The van der Waals surface area contributed by atoms with Gasteiger partial charge in [-0.25, -0.2) is 13.2 Å². The fourth-order valence-corrected chi connectivity index (χ4v) is 7.51. The van der Waals surface area contributed by atoms with Crippen LogP contribution in [0.1, 0.15) is 65.4 Å². The molecule has 2 aromatic rings. The van der Waals surface area contributed by atoms with Crippen LogP contribution in [-0.4, -0.2) is 43.8 Å². The van der Waals surface area contributed by atoms with Crippen LogP contribution in [0.25, 0.3) is 0 Å². The summed E-state index contributed by atoms with van der Waals surface area (Å²) in [6.45, 7) is 4.20. The van der Waals surface area contributed by atoms with Crippen molar-refractivity contribution >= 4 is 38.2 Å². The van der Waals surface area contributed by atoms with Crippen LogP contribution in [0.3, 0.4) is 0 Å². The molecule has 2 heterocycles. The molecule has 1 aliphatic heterocycles. The molecule has 1 aromatic heterocycles. The lowest BCUT2D eigenvalue weighted by Crippen LogP contribution is -2.49. The average Bonchev–Trinajstić information content (AvgIpc) is 3.17. The van der Waals surface area contributed by atoms with Crippen LogP contribution < -0.4 is 5.32 Å². The van der Waals surface area contributed by atoms with Crippen LogP contribution in [0.5, 0.6) is 0 Å². The Kier molecular flexibility index (Phi) is 7.21. The number of anilines is 1. The molecule has 1 aliphatic carbocycles. The van der Waals surface area contributed by atoms with Crippen LogP contribution in [0.4, 0.5) is 5.00 Å². The van der Waals surface area contributed by atoms with Gasteiger partial charge in [-0.2, -0.15) is 4.31 Å². The first kappa shape index (κ1) is 23.9. The number of sulfonamides is 1. The molecule has 1 amide bonds. The maximum atomic E-state index is 13.4. The normalized spacial score (nSPS) is 19.0. The Morgan fingerprint density at radius 1 is 1.12 bits per heavy atom. The van der Waals surface area contributed by atoms with E-state index in [0.717, 1.165) is 48.1 Å². The molecule has 0 bridgehead atoms. The Balaban J connectivity index is 1.63. The maximum Gasteiger partial charge on any atom is 0.341 e. The Morgan fingerprint density at radius 2 is 1.85 bits per heavy atom. The predicted molar refractivity (Wildman–Crippen MR) is 128 cm³/mol. The number of benzene rings is 1. The number of rotatable bonds is 6. The van der Waals surface area contributed by atoms with Crippen molar-refractivity contribution in [3.05, 3.63) is 45.8 Å². The number of ether oxygens (including phenoxy) is 1. The van der Waals surface area contributed by atoms with Crippen molar-refractivity contribution in [1.82, 2.24) is 4.31 Å². The molecule has 1 unspecified atom stereocenters.